The quantitative estimate of drug-likeness (QED) is 0.476. The van der Waals surface area contributed by atoms with E-state index in [-0.39, 0.29) is 17.9 Å². The van der Waals surface area contributed by atoms with Crippen molar-refractivity contribution < 1.29 is 19.4 Å². The van der Waals surface area contributed by atoms with Gasteiger partial charge in [-0.25, -0.2) is 4.79 Å². The van der Waals surface area contributed by atoms with Crippen molar-refractivity contribution in [1.29, 1.82) is 0 Å². The molecular formula is C28H30N2O4. The molecule has 4 rings (SSSR count). The number of carboxylic acid groups (broad SMARTS) is 1. The Bertz CT molecular complexity index is 1090. The number of hydrogen-bond acceptors (Lipinski definition) is 3. The van der Waals surface area contributed by atoms with E-state index < -0.39 is 12.1 Å². The number of ether oxygens (including phenoxy) is 1. The third-order valence-electron chi connectivity index (χ3n) is 6.41. The molecule has 1 aliphatic rings. The number of nitrogens with zero attached hydrogens (tertiary/aromatic N) is 1. The van der Waals surface area contributed by atoms with Gasteiger partial charge in [-0.15, -0.1) is 0 Å². The van der Waals surface area contributed by atoms with Gasteiger partial charge < -0.3 is 20.1 Å². The van der Waals surface area contributed by atoms with Crippen LogP contribution in [0.25, 0.3) is 0 Å². The van der Waals surface area contributed by atoms with E-state index in [0.29, 0.717) is 19.6 Å². The largest absolute Gasteiger partial charge is 0.489 e. The monoisotopic (exact) mass is 458 g/mol. The van der Waals surface area contributed by atoms with E-state index >= 15 is 0 Å². The fourth-order valence-electron chi connectivity index (χ4n) is 4.46. The van der Waals surface area contributed by atoms with Crippen molar-refractivity contribution in [3.8, 4) is 5.75 Å². The van der Waals surface area contributed by atoms with Gasteiger partial charge in [0.2, 0.25) is 5.91 Å². The lowest BCUT2D eigenvalue weighted by Gasteiger charge is -2.32. The highest BCUT2D eigenvalue weighted by Gasteiger charge is 2.37. The van der Waals surface area contributed by atoms with Gasteiger partial charge in [0.15, 0.2) is 0 Å². The molecule has 2 amide bonds. The Kier molecular flexibility index (Phi) is 7.48. The maximum atomic E-state index is 13.2. The number of nitrogens with one attached hydrogen (secondary N) is 1. The molecule has 1 fully saturated rings. The van der Waals surface area contributed by atoms with Crippen LogP contribution >= 0.6 is 0 Å². The summed E-state index contributed by atoms with van der Waals surface area (Å²) in [6.07, 6.45) is 0.514. The van der Waals surface area contributed by atoms with E-state index in [1.807, 2.05) is 91.9 Å². The molecule has 0 bridgehead atoms. The summed E-state index contributed by atoms with van der Waals surface area (Å²) in [7, 11) is 0. The van der Waals surface area contributed by atoms with E-state index in [9.17, 15) is 14.7 Å². The first-order valence-electron chi connectivity index (χ1n) is 11.6. The number of carbonyl (C=O) groups is 2. The Morgan fingerprint density at radius 2 is 1.62 bits per heavy atom. The van der Waals surface area contributed by atoms with Crippen LogP contribution in [0.15, 0.2) is 84.9 Å². The molecule has 1 saturated heterocycles. The Labute approximate surface area is 200 Å². The average molecular weight is 459 g/mol. The predicted octanol–water partition coefficient (Wildman–Crippen LogP) is 5.37. The fraction of sp³-hybridized carbons (Fsp3) is 0.286. The van der Waals surface area contributed by atoms with E-state index in [0.717, 1.165) is 28.9 Å². The smallest absolute Gasteiger partial charge is 0.407 e. The first-order chi connectivity index (χ1) is 16.5. The van der Waals surface area contributed by atoms with Crippen molar-refractivity contribution >= 4 is 12.0 Å². The predicted molar refractivity (Wildman–Crippen MR) is 131 cm³/mol. The summed E-state index contributed by atoms with van der Waals surface area (Å²) in [4.78, 5) is 26.5. The minimum Gasteiger partial charge on any atom is -0.489 e. The molecular weight excluding hydrogens is 428 g/mol. The molecule has 6 nitrogen and oxygen atoms in total. The second-order valence-electron chi connectivity index (χ2n) is 8.65. The van der Waals surface area contributed by atoms with E-state index in [1.54, 1.807) is 0 Å². The summed E-state index contributed by atoms with van der Waals surface area (Å²) >= 11 is 0. The highest BCUT2D eigenvalue weighted by atomic mass is 16.5. The van der Waals surface area contributed by atoms with Crippen LogP contribution in [-0.4, -0.2) is 34.6 Å². The summed E-state index contributed by atoms with van der Waals surface area (Å²) < 4.78 is 5.90. The van der Waals surface area contributed by atoms with Gasteiger partial charge in [-0.2, -0.15) is 0 Å². The minimum atomic E-state index is -0.958. The number of benzene rings is 3. The SMILES string of the molecule is CC(C(=O)NC(c1ccc(OCc2ccccc2)cc1)C1CCCN1C(=O)O)c1ccccc1. The van der Waals surface area contributed by atoms with Crippen molar-refractivity contribution in [1.82, 2.24) is 10.2 Å². The number of amides is 2. The van der Waals surface area contributed by atoms with Crippen LogP contribution in [0, 0.1) is 0 Å². The van der Waals surface area contributed by atoms with Gasteiger partial charge in [0.1, 0.15) is 12.4 Å². The van der Waals surface area contributed by atoms with Crippen molar-refractivity contribution in [2.45, 2.75) is 44.4 Å². The molecule has 3 aromatic rings. The van der Waals surface area contributed by atoms with E-state index in [1.165, 1.54) is 4.90 Å². The number of rotatable bonds is 8. The Balaban J connectivity index is 1.53. The lowest BCUT2D eigenvalue weighted by atomic mass is 9.94. The zero-order valence-electron chi connectivity index (χ0n) is 19.3. The zero-order valence-corrected chi connectivity index (χ0v) is 19.3. The number of hydrogen-bond donors (Lipinski definition) is 2. The van der Waals surface area contributed by atoms with Gasteiger partial charge in [0.05, 0.1) is 18.0 Å². The van der Waals surface area contributed by atoms with Crippen LogP contribution in [0.1, 0.15) is 48.4 Å². The Morgan fingerprint density at radius 3 is 2.26 bits per heavy atom. The van der Waals surface area contributed by atoms with Gasteiger partial charge in [-0.05, 0) is 48.6 Å². The molecule has 6 heteroatoms. The summed E-state index contributed by atoms with van der Waals surface area (Å²) in [6.45, 7) is 2.80. The van der Waals surface area contributed by atoms with Crippen molar-refractivity contribution in [2.75, 3.05) is 6.54 Å². The molecule has 0 aromatic heterocycles. The third-order valence-corrected chi connectivity index (χ3v) is 6.41. The molecule has 0 aliphatic carbocycles. The van der Waals surface area contributed by atoms with Gasteiger partial charge in [-0.1, -0.05) is 72.8 Å². The summed E-state index contributed by atoms with van der Waals surface area (Å²) in [6, 6.07) is 26.3. The van der Waals surface area contributed by atoms with Crippen molar-refractivity contribution in [3.05, 3.63) is 102 Å². The molecule has 3 atom stereocenters. The van der Waals surface area contributed by atoms with Crippen LogP contribution in [0.5, 0.6) is 5.75 Å². The summed E-state index contributed by atoms with van der Waals surface area (Å²) in [5, 5.41) is 12.9. The molecule has 2 N–H and O–H groups in total. The Hall–Kier alpha value is -3.80. The van der Waals surface area contributed by atoms with Gasteiger partial charge in [-0.3, -0.25) is 4.79 Å². The highest BCUT2D eigenvalue weighted by Crippen LogP contribution is 2.31. The molecule has 176 valence electrons. The first kappa shape index (κ1) is 23.4. The topological polar surface area (TPSA) is 78.9 Å². The molecule has 3 aromatic carbocycles. The van der Waals surface area contributed by atoms with Crippen LogP contribution < -0.4 is 10.1 Å². The lowest BCUT2D eigenvalue weighted by molar-refractivity contribution is -0.123. The second-order valence-corrected chi connectivity index (χ2v) is 8.65. The standard InChI is InChI=1S/C28H30N2O4/c1-20(22-11-6-3-7-12-22)27(31)29-26(25-13-8-18-30(25)28(32)33)23-14-16-24(17-15-23)34-19-21-9-4-2-5-10-21/h2-7,9-12,14-17,20,25-26H,8,13,18-19H2,1H3,(H,29,31)(H,32,33). The number of carbonyl (C=O) groups excluding carboxylic acids is 1. The molecule has 0 radical (unpaired) electrons. The van der Waals surface area contributed by atoms with E-state index in [4.69, 9.17) is 4.74 Å². The summed E-state index contributed by atoms with van der Waals surface area (Å²) in [5.41, 5.74) is 2.86. The van der Waals surface area contributed by atoms with Crippen LogP contribution in [-0.2, 0) is 11.4 Å². The van der Waals surface area contributed by atoms with Gasteiger partial charge >= 0.3 is 6.09 Å². The molecule has 3 unspecified atom stereocenters. The zero-order chi connectivity index (χ0) is 23.9. The van der Waals surface area contributed by atoms with Crippen molar-refractivity contribution in [2.24, 2.45) is 0 Å². The van der Waals surface area contributed by atoms with Crippen LogP contribution in [0.2, 0.25) is 0 Å². The summed E-state index contributed by atoms with van der Waals surface area (Å²) in [5.74, 6) is 0.242. The first-order valence-corrected chi connectivity index (χ1v) is 11.6. The van der Waals surface area contributed by atoms with Crippen LogP contribution in [0.3, 0.4) is 0 Å². The van der Waals surface area contributed by atoms with Crippen molar-refractivity contribution in [3.63, 3.8) is 0 Å². The molecule has 1 heterocycles. The normalized spacial score (nSPS) is 17.1. The molecule has 34 heavy (non-hydrogen) atoms. The van der Waals surface area contributed by atoms with E-state index in [2.05, 4.69) is 5.32 Å². The third kappa shape index (κ3) is 5.57. The lowest BCUT2D eigenvalue weighted by Crippen LogP contribution is -2.46. The minimum absolute atomic E-state index is 0.127. The molecule has 1 aliphatic heterocycles. The number of likely N-dealkylation sites (tertiary alicyclic amines) is 1. The Morgan fingerprint density at radius 1 is 0.971 bits per heavy atom. The average Bonchev–Trinajstić information content (AvgIpc) is 3.37. The van der Waals surface area contributed by atoms with Gasteiger partial charge in [0, 0.05) is 6.54 Å². The fourth-order valence-corrected chi connectivity index (χ4v) is 4.46. The maximum absolute atomic E-state index is 13.2. The maximum Gasteiger partial charge on any atom is 0.407 e. The van der Waals surface area contributed by atoms with Gasteiger partial charge in [0.25, 0.3) is 0 Å². The van der Waals surface area contributed by atoms with Crippen LogP contribution in [0.4, 0.5) is 4.79 Å². The molecule has 0 spiro atoms. The second kappa shape index (κ2) is 10.9. The highest BCUT2D eigenvalue weighted by molar-refractivity contribution is 5.83. The molecule has 0 saturated carbocycles.